The summed E-state index contributed by atoms with van der Waals surface area (Å²) in [6.07, 6.45) is 1.88. The number of urea groups is 1. The Labute approximate surface area is 107 Å². The number of carbonyl (C=O) groups excluding carboxylic acids is 1. The number of hydrogen-bond donors (Lipinski definition) is 2. The van der Waals surface area contributed by atoms with Crippen LogP contribution < -0.4 is 5.32 Å². The minimum absolute atomic E-state index is 0.168. The van der Waals surface area contributed by atoms with Gasteiger partial charge in [-0.25, -0.2) is 4.79 Å². The highest BCUT2D eigenvalue weighted by Crippen LogP contribution is 2.17. The highest BCUT2D eigenvalue weighted by molar-refractivity contribution is 5.76. The molecule has 2 N–H and O–H groups in total. The first kappa shape index (κ1) is 14.8. The highest BCUT2D eigenvalue weighted by atomic mass is 16.5. The molecule has 0 aromatic carbocycles. The zero-order valence-electron chi connectivity index (χ0n) is 11.0. The van der Waals surface area contributed by atoms with Crippen LogP contribution in [-0.4, -0.2) is 55.4 Å². The second-order valence-electron chi connectivity index (χ2n) is 4.81. The summed E-state index contributed by atoms with van der Waals surface area (Å²) < 4.78 is 5.10. The molecular formula is C12H22N2O4. The van der Waals surface area contributed by atoms with E-state index < -0.39 is 11.9 Å². The Bertz CT molecular complexity index is 288. The molecule has 0 aromatic rings. The molecule has 104 valence electrons. The van der Waals surface area contributed by atoms with Crippen LogP contribution in [0, 0.1) is 11.8 Å². The van der Waals surface area contributed by atoms with Crippen molar-refractivity contribution in [2.24, 2.45) is 11.8 Å². The smallest absolute Gasteiger partial charge is 0.317 e. The van der Waals surface area contributed by atoms with Crippen molar-refractivity contribution in [1.82, 2.24) is 10.2 Å². The summed E-state index contributed by atoms with van der Waals surface area (Å²) in [7, 11) is 1.69. The molecule has 1 unspecified atom stereocenters. The van der Waals surface area contributed by atoms with Gasteiger partial charge in [0.2, 0.25) is 0 Å². The maximum Gasteiger partial charge on any atom is 0.317 e. The molecule has 1 atom stereocenters. The first-order valence-corrected chi connectivity index (χ1v) is 6.29. The fraction of sp³-hybridized carbons (Fsp3) is 0.833. The molecular weight excluding hydrogens is 236 g/mol. The summed E-state index contributed by atoms with van der Waals surface area (Å²) in [5.41, 5.74) is 0. The van der Waals surface area contributed by atoms with Crippen LogP contribution in [0.1, 0.15) is 19.8 Å². The second-order valence-corrected chi connectivity index (χ2v) is 4.81. The first-order chi connectivity index (χ1) is 8.54. The third kappa shape index (κ3) is 4.52. The van der Waals surface area contributed by atoms with E-state index in [1.54, 1.807) is 18.9 Å². The number of carboxylic acids is 1. The van der Waals surface area contributed by atoms with Crippen molar-refractivity contribution >= 4 is 12.0 Å². The normalized spacial score (nSPS) is 18.4. The van der Waals surface area contributed by atoms with Crippen molar-refractivity contribution in [3.8, 4) is 0 Å². The quantitative estimate of drug-likeness (QED) is 0.763. The minimum atomic E-state index is -0.894. The maximum absolute atomic E-state index is 11.8. The van der Waals surface area contributed by atoms with Crippen molar-refractivity contribution in [2.75, 3.05) is 33.4 Å². The minimum Gasteiger partial charge on any atom is -0.481 e. The number of carbonyl (C=O) groups is 2. The molecule has 6 heteroatoms. The van der Waals surface area contributed by atoms with Crippen LogP contribution in [0.5, 0.6) is 0 Å². The zero-order valence-corrected chi connectivity index (χ0v) is 11.0. The van der Waals surface area contributed by atoms with Crippen LogP contribution in [-0.2, 0) is 9.53 Å². The summed E-state index contributed by atoms with van der Waals surface area (Å²) in [5.74, 6) is -0.925. The van der Waals surface area contributed by atoms with E-state index in [4.69, 9.17) is 9.84 Å². The van der Waals surface area contributed by atoms with E-state index in [0.29, 0.717) is 19.0 Å². The standard InChI is InChI=1S/C12H22N2O4/c1-9(11(15)16)7-13-12(17)14-5-3-10(4-6-14)8-18-2/h9-10H,3-8H2,1-2H3,(H,13,17)(H,15,16). The molecule has 1 aliphatic rings. The molecule has 1 heterocycles. The average molecular weight is 258 g/mol. The van der Waals surface area contributed by atoms with Gasteiger partial charge in [-0.15, -0.1) is 0 Å². The van der Waals surface area contributed by atoms with Gasteiger partial charge < -0.3 is 20.1 Å². The van der Waals surface area contributed by atoms with Gasteiger partial charge in [0.05, 0.1) is 5.92 Å². The van der Waals surface area contributed by atoms with Crippen LogP contribution in [0.4, 0.5) is 4.79 Å². The van der Waals surface area contributed by atoms with Crippen molar-refractivity contribution in [1.29, 1.82) is 0 Å². The molecule has 0 saturated carbocycles. The fourth-order valence-electron chi connectivity index (χ4n) is 1.98. The molecule has 18 heavy (non-hydrogen) atoms. The van der Waals surface area contributed by atoms with Gasteiger partial charge in [-0.1, -0.05) is 6.92 Å². The maximum atomic E-state index is 11.8. The number of carboxylic acid groups (broad SMARTS) is 1. The lowest BCUT2D eigenvalue weighted by Crippen LogP contribution is -2.46. The van der Waals surface area contributed by atoms with Crippen LogP contribution in [0.25, 0.3) is 0 Å². The third-order valence-corrected chi connectivity index (χ3v) is 3.29. The van der Waals surface area contributed by atoms with Crippen LogP contribution in [0.15, 0.2) is 0 Å². The van der Waals surface area contributed by atoms with Gasteiger partial charge in [0.15, 0.2) is 0 Å². The van der Waals surface area contributed by atoms with Gasteiger partial charge in [-0.2, -0.15) is 0 Å². The number of likely N-dealkylation sites (tertiary alicyclic amines) is 1. The molecule has 1 fully saturated rings. The molecule has 6 nitrogen and oxygen atoms in total. The number of ether oxygens (including phenoxy) is 1. The lowest BCUT2D eigenvalue weighted by Gasteiger charge is -2.31. The van der Waals surface area contributed by atoms with Gasteiger partial charge in [-0.3, -0.25) is 4.79 Å². The molecule has 0 bridgehead atoms. The molecule has 0 spiro atoms. The number of piperidine rings is 1. The number of methoxy groups -OCH3 is 1. The molecule has 0 aromatic heterocycles. The number of rotatable bonds is 5. The van der Waals surface area contributed by atoms with Crippen LogP contribution in [0.2, 0.25) is 0 Å². The Morgan fingerprint density at radius 2 is 2.06 bits per heavy atom. The van der Waals surface area contributed by atoms with Gasteiger partial charge in [-0.05, 0) is 18.8 Å². The Kier molecular flexibility index (Phi) is 5.91. The molecule has 1 aliphatic heterocycles. The van der Waals surface area contributed by atoms with E-state index in [-0.39, 0.29) is 12.6 Å². The lowest BCUT2D eigenvalue weighted by atomic mass is 9.98. The summed E-state index contributed by atoms with van der Waals surface area (Å²) in [6.45, 7) is 3.91. The van der Waals surface area contributed by atoms with E-state index in [0.717, 1.165) is 19.4 Å². The molecule has 2 amide bonds. The second kappa shape index (κ2) is 7.20. The Hall–Kier alpha value is -1.30. The van der Waals surface area contributed by atoms with E-state index >= 15 is 0 Å². The molecule has 0 aliphatic carbocycles. The fourth-order valence-corrected chi connectivity index (χ4v) is 1.98. The topological polar surface area (TPSA) is 78.9 Å². The number of amides is 2. The monoisotopic (exact) mass is 258 g/mol. The van der Waals surface area contributed by atoms with Crippen LogP contribution in [0.3, 0.4) is 0 Å². The summed E-state index contributed by atoms with van der Waals surface area (Å²) in [4.78, 5) is 24.1. The van der Waals surface area contributed by atoms with Crippen molar-refractivity contribution in [2.45, 2.75) is 19.8 Å². The van der Waals surface area contributed by atoms with Crippen molar-refractivity contribution < 1.29 is 19.4 Å². The predicted octanol–water partition coefficient (Wildman–Crippen LogP) is 0.775. The van der Waals surface area contributed by atoms with Crippen LogP contribution >= 0.6 is 0 Å². The SMILES string of the molecule is COCC1CCN(C(=O)NCC(C)C(=O)O)CC1. The summed E-state index contributed by atoms with van der Waals surface area (Å²) in [6, 6.07) is -0.168. The van der Waals surface area contributed by atoms with E-state index in [1.807, 2.05) is 0 Å². The lowest BCUT2D eigenvalue weighted by molar-refractivity contribution is -0.140. The first-order valence-electron chi connectivity index (χ1n) is 6.29. The van der Waals surface area contributed by atoms with Crippen molar-refractivity contribution in [3.63, 3.8) is 0 Å². The largest absolute Gasteiger partial charge is 0.481 e. The molecule has 1 saturated heterocycles. The summed E-state index contributed by atoms with van der Waals surface area (Å²) in [5, 5.41) is 11.4. The van der Waals surface area contributed by atoms with Gasteiger partial charge in [0, 0.05) is 33.4 Å². The number of hydrogen-bond acceptors (Lipinski definition) is 3. The van der Waals surface area contributed by atoms with Crippen molar-refractivity contribution in [3.05, 3.63) is 0 Å². The van der Waals surface area contributed by atoms with E-state index in [2.05, 4.69) is 5.32 Å². The zero-order chi connectivity index (χ0) is 13.5. The van der Waals surface area contributed by atoms with E-state index in [9.17, 15) is 9.59 Å². The Balaban J connectivity index is 2.25. The number of nitrogens with zero attached hydrogens (tertiary/aromatic N) is 1. The van der Waals surface area contributed by atoms with Gasteiger partial charge in [0.1, 0.15) is 0 Å². The third-order valence-electron chi connectivity index (χ3n) is 3.29. The number of aliphatic carboxylic acids is 1. The summed E-state index contributed by atoms with van der Waals surface area (Å²) >= 11 is 0. The van der Waals surface area contributed by atoms with Gasteiger partial charge >= 0.3 is 12.0 Å². The highest BCUT2D eigenvalue weighted by Gasteiger charge is 2.23. The molecule has 0 radical (unpaired) electrons. The average Bonchev–Trinajstić information content (AvgIpc) is 2.36. The predicted molar refractivity (Wildman–Crippen MR) is 66.4 cm³/mol. The number of nitrogens with one attached hydrogen (secondary N) is 1. The van der Waals surface area contributed by atoms with E-state index in [1.165, 1.54) is 0 Å². The Morgan fingerprint density at radius 1 is 1.44 bits per heavy atom. The molecule has 1 rings (SSSR count). The Morgan fingerprint density at radius 3 is 2.56 bits per heavy atom. The van der Waals surface area contributed by atoms with Gasteiger partial charge in [0.25, 0.3) is 0 Å².